The second-order valence-electron chi connectivity index (χ2n) is 4.65. The minimum Gasteiger partial charge on any atom is -0.406 e. The van der Waals surface area contributed by atoms with E-state index >= 15 is 0 Å². The van der Waals surface area contributed by atoms with Crippen LogP contribution in [0.4, 0.5) is 13.2 Å². The molecule has 6 heteroatoms. The molecule has 1 aromatic rings. The van der Waals surface area contributed by atoms with E-state index < -0.39 is 12.5 Å². The van der Waals surface area contributed by atoms with E-state index in [2.05, 4.69) is 10.1 Å². The van der Waals surface area contributed by atoms with Gasteiger partial charge in [0.15, 0.2) is 0 Å². The van der Waals surface area contributed by atoms with Crippen molar-refractivity contribution in [3.05, 3.63) is 29.8 Å². The minimum atomic E-state index is -4.71. The number of nitrogens with one attached hydrogen (secondary N) is 1. The highest BCUT2D eigenvalue weighted by molar-refractivity contribution is 5.30. The van der Waals surface area contributed by atoms with Crippen LogP contribution in [0.5, 0.6) is 5.75 Å². The molecule has 0 bridgehead atoms. The predicted octanol–water partition coefficient (Wildman–Crippen LogP) is 2.62. The van der Waals surface area contributed by atoms with Crippen molar-refractivity contribution in [2.24, 2.45) is 5.92 Å². The fourth-order valence-corrected chi connectivity index (χ4v) is 2.33. The van der Waals surface area contributed by atoms with Crippen LogP contribution in [0.25, 0.3) is 0 Å². The zero-order chi connectivity index (χ0) is 13.9. The quantitative estimate of drug-likeness (QED) is 0.891. The van der Waals surface area contributed by atoms with Crippen LogP contribution in [-0.2, 0) is 0 Å². The Morgan fingerprint density at radius 3 is 2.58 bits per heavy atom. The van der Waals surface area contributed by atoms with Crippen molar-refractivity contribution in [2.75, 3.05) is 13.1 Å². The molecule has 0 spiro atoms. The molecule has 19 heavy (non-hydrogen) atoms. The first-order valence-corrected chi connectivity index (χ1v) is 6.20. The first-order valence-electron chi connectivity index (χ1n) is 6.20. The Balaban J connectivity index is 2.09. The van der Waals surface area contributed by atoms with Gasteiger partial charge in [0.1, 0.15) is 5.75 Å². The van der Waals surface area contributed by atoms with E-state index in [4.69, 9.17) is 0 Å². The number of ether oxygens (including phenoxy) is 1. The van der Waals surface area contributed by atoms with Gasteiger partial charge in [-0.3, -0.25) is 0 Å². The molecule has 1 fully saturated rings. The van der Waals surface area contributed by atoms with Crippen LogP contribution in [0.2, 0.25) is 0 Å². The largest absolute Gasteiger partial charge is 0.573 e. The Labute approximate surface area is 109 Å². The maximum absolute atomic E-state index is 12.1. The molecule has 1 aliphatic rings. The molecule has 106 valence electrons. The van der Waals surface area contributed by atoms with Gasteiger partial charge in [-0.05, 0) is 49.5 Å². The molecule has 0 amide bonds. The minimum absolute atomic E-state index is 0.0717. The molecular formula is C13H16F3NO2. The smallest absolute Gasteiger partial charge is 0.406 e. The highest BCUT2D eigenvalue weighted by atomic mass is 19.4. The Morgan fingerprint density at radius 2 is 1.95 bits per heavy atom. The first kappa shape index (κ1) is 14.1. The molecule has 2 N–H and O–H groups in total. The molecule has 1 atom stereocenters. The van der Waals surface area contributed by atoms with Gasteiger partial charge >= 0.3 is 6.36 Å². The van der Waals surface area contributed by atoms with E-state index in [0.29, 0.717) is 5.56 Å². The summed E-state index contributed by atoms with van der Waals surface area (Å²) in [6, 6.07) is 5.56. The van der Waals surface area contributed by atoms with Gasteiger partial charge in [-0.25, -0.2) is 0 Å². The molecule has 1 unspecified atom stereocenters. The van der Waals surface area contributed by atoms with Gasteiger partial charge in [-0.15, -0.1) is 13.2 Å². The fourth-order valence-electron chi connectivity index (χ4n) is 2.33. The van der Waals surface area contributed by atoms with Crippen molar-refractivity contribution < 1.29 is 23.0 Å². The lowest BCUT2D eigenvalue weighted by molar-refractivity contribution is -0.274. The molecule has 0 radical (unpaired) electrons. The molecule has 0 aromatic heterocycles. The molecule has 3 nitrogen and oxygen atoms in total. The van der Waals surface area contributed by atoms with E-state index in [-0.39, 0.29) is 11.7 Å². The average Bonchev–Trinajstić information content (AvgIpc) is 2.37. The van der Waals surface area contributed by atoms with Gasteiger partial charge in [-0.1, -0.05) is 12.1 Å². The van der Waals surface area contributed by atoms with Crippen LogP contribution in [0.1, 0.15) is 24.5 Å². The fraction of sp³-hybridized carbons (Fsp3) is 0.538. The van der Waals surface area contributed by atoms with Gasteiger partial charge in [-0.2, -0.15) is 0 Å². The lowest BCUT2D eigenvalue weighted by atomic mass is 9.88. The lowest BCUT2D eigenvalue weighted by Crippen LogP contribution is -2.30. The Hall–Kier alpha value is -1.27. The third-order valence-corrected chi connectivity index (χ3v) is 3.26. The number of hydrogen-bond donors (Lipinski definition) is 2. The SMILES string of the molecule is OC(c1cccc(OC(F)(F)F)c1)C1CCNCC1. The summed E-state index contributed by atoms with van der Waals surface area (Å²) in [6.07, 6.45) is -3.84. The van der Waals surface area contributed by atoms with E-state index in [1.165, 1.54) is 18.2 Å². The highest BCUT2D eigenvalue weighted by Crippen LogP contribution is 2.31. The van der Waals surface area contributed by atoms with Crippen LogP contribution in [-0.4, -0.2) is 24.6 Å². The second-order valence-corrected chi connectivity index (χ2v) is 4.65. The molecular weight excluding hydrogens is 259 g/mol. The zero-order valence-electron chi connectivity index (χ0n) is 10.3. The highest BCUT2D eigenvalue weighted by Gasteiger charge is 2.31. The number of alkyl halides is 3. The van der Waals surface area contributed by atoms with Crippen LogP contribution < -0.4 is 10.1 Å². The number of aliphatic hydroxyl groups excluding tert-OH is 1. The van der Waals surface area contributed by atoms with Crippen LogP contribution in [0, 0.1) is 5.92 Å². The molecule has 1 aromatic carbocycles. The maximum Gasteiger partial charge on any atom is 0.573 e. The van der Waals surface area contributed by atoms with Crippen molar-refractivity contribution in [3.63, 3.8) is 0 Å². The number of aliphatic hydroxyl groups is 1. The third kappa shape index (κ3) is 4.11. The van der Waals surface area contributed by atoms with Gasteiger partial charge in [0, 0.05) is 0 Å². The molecule has 2 rings (SSSR count). The Bertz CT molecular complexity index is 417. The van der Waals surface area contributed by atoms with Crippen molar-refractivity contribution in [2.45, 2.75) is 25.3 Å². The molecule has 1 aliphatic heterocycles. The summed E-state index contributed by atoms with van der Waals surface area (Å²) in [6.45, 7) is 1.64. The summed E-state index contributed by atoms with van der Waals surface area (Å²) in [5.41, 5.74) is 0.466. The Kier molecular flexibility index (Phi) is 4.31. The van der Waals surface area contributed by atoms with Gasteiger partial charge in [0.2, 0.25) is 0 Å². The van der Waals surface area contributed by atoms with E-state index in [9.17, 15) is 18.3 Å². The van der Waals surface area contributed by atoms with Gasteiger partial charge in [0.05, 0.1) is 6.10 Å². The van der Waals surface area contributed by atoms with Crippen LogP contribution in [0.15, 0.2) is 24.3 Å². The van der Waals surface area contributed by atoms with Gasteiger partial charge in [0.25, 0.3) is 0 Å². The van der Waals surface area contributed by atoms with E-state index in [0.717, 1.165) is 25.9 Å². The number of halogens is 3. The third-order valence-electron chi connectivity index (χ3n) is 3.26. The molecule has 0 aliphatic carbocycles. The summed E-state index contributed by atoms with van der Waals surface area (Å²) in [7, 11) is 0. The number of piperidine rings is 1. The van der Waals surface area contributed by atoms with Gasteiger partial charge < -0.3 is 15.2 Å². The van der Waals surface area contributed by atoms with Crippen molar-refractivity contribution in [1.82, 2.24) is 5.32 Å². The summed E-state index contributed by atoms with van der Waals surface area (Å²) in [4.78, 5) is 0. The maximum atomic E-state index is 12.1. The normalized spacial score (nSPS) is 19.2. The Morgan fingerprint density at radius 1 is 1.26 bits per heavy atom. The molecule has 1 saturated heterocycles. The zero-order valence-corrected chi connectivity index (χ0v) is 10.3. The summed E-state index contributed by atoms with van der Waals surface area (Å²) in [5.74, 6) is -0.222. The number of rotatable bonds is 3. The summed E-state index contributed by atoms with van der Waals surface area (Å²) < 4.78 is 40.3. The predicted molar refractivity (Wildman–Crippen MR) is 63.7 cm³/mol. The number of hydrogen-bond acceptors (Lipinski definition) is 3. The van der Waals surface area contributed by atoms with Crippen molar-refractivity contribution in [3.8, 4) is 5.75 Å². The number of benzene rings is 1. The average molecular weight is 275 g/mol. The van der Waals surface area contributed by atoms with Crippen molar-refractivity contribution >= 4 is 0 Å². The standard InChI is InChI=1S/C13H16F3NO2/c14-13(15,16)19-11-3-1-2-10(8-11)12(18)9-4-6-17-7-5-9/h1-3,8-9,12,17-18H,4-7H2. The lowest BCUT2D eigenvalue weighted by Gasteiger charge is -2.27. The van der Waals surface area contributed by atoms with Crippen molar-refractivity contribution in [1.29, 1.82) is 0 Å². The monoisotopic (exact) mass is 275 g/mol. The van der Waals surface area contributed by atoms with E-state index in [1.807, 2.05) is 0 Å². The summed E-state index contributed by atoms with van der Waals surface area (Å²) in [5, 5.41) is 13.4. The summed E-state index contributed by atoms with van der Waals surface area (Å²) >= 11 is 0. The second kappa shape index (κ2) is 5.79. The topological polar surface area (TPSA) is 41.5 Å². The first-order chi connectivity index (χ1) is 8.96. The van der Waals surface area contributed by atoms with Crippen LogP contribution in [0.3, 0.4) is 0 Å². The van der Waals surface area contributed by atoms with Crippen LogP contribution >= 0.6 is 0 Å². The molecule has 1 heterocycles. The molecule has 0 saturated carbocycles. The van der Waals surface area contributed by atoms with E-state index in [1.54, 1.807) is 6.07 Å².